The fourth-order valence-electron chi connectivity index (χ4n) is 2.58. The van der Waals surface area contributed by atoms with Crippen molar-refractivity contribution < 1.29 is 28.3 Å². The first-order chi connectivity index (χ1) is 13.7. The molecular formula is C20H28FN3O5. The minimum absolute atomic E-state index is 0.0320. The van der Waals surface area contributed by atoms with Gasteiger partial charge < -0.3 is 21.1 Å². The van der Waals surface area contributed by atoms with Gasteiger partial charge in [-0.1, -0.05) is 44.2 Å². The van der Waals surface area contributed by atoms with Gasteiger partial charge in [0.25, 0.3) is 0 Å². The predicted molar refractivity (Wildman–Crippen MR) is 104 cm³/mol. The molecule has 1 aromatic carbocycles. The zero-order chi connectivity index (χ0) is 21.8. The van der Waals surface area contributed by atoms with Crippen molar-refractivity contribution in [2.45, 2.75) is 51.8 Å². The number of alkyl carbamates (subject to hydrolysis) is 1. The Kier molecular flexibility index (Phi) is 10.4. The molecule has 0 spiro atoms. The number of amides is 3. The van der Waals surface area contributed by atoms with Crippen molar-refractivity contribution in [2.24, 2.45) is 11.7 Å². The van der Waals surface area contributed by atoms with Crippen LogP contribution < -0.4 is 16.4 Å². The molecule has 29 heavy (non-hydrogen) atoms. The minimum atomic E-state index is -1.29. The van der Waals surface area contributed by atoms with E-state index in [0.717, 1.165) is 5.56 Å². The van der Waals surface area contributed by atoms with E-state index < -0.39 is 42.4 Å². The summed E-state index contributed by atoms with van der Waals surface area (Å²) in [6, 6.07) is 6.84. The van der Waals surface area contributed by atoms with Crippen LogP contribution in [0, 0.1) is 5.92 Å². The highest BCUT2D eigenvalue weighted by Crippen LogP contribution is 2.08. The van der Waals surface area contributed by atoms with Gasteiger partial charge in [-0.2, -0.15) is 0 Å². The Hall–Kier alpha value is -2.97. The summed E-state index contributed by atoms with van der Waals surface area (Å²) in [4.78, 5) is 47.4. The lowest BCUT2D eigenvalue weighted by atomic mass is 10.0. The summed E-state index contributed by atoms with van der Waals surface area (Å²) < 4.78 is 17.9. The third-order valence-corrected chi connectivity index (χ3v) is 4.04. The van der Waals surface area contributed by atoms with Crippen LogP contribution in [0.15, 0.2) is 30.3 Å². The van der Waals surface area contributed by atoms with Crippen molar-refractivity contribution >= 4 is 23.7 Å². The molecule has 1 aromatic rings. The van der Waals surface area contributed by atoms with Crippen LogP contribution in [0.5, 0.6) is 0 Å². The van der Waals surface area contributed by atoms with E-state index in [1.807, 2.05) is 19.9 Å². The van der Waals surface area contributed by atoms with Crippen molar-refractivity contribution in [3.8, 4) is 0 Å². The van der Waals surface area contributed by atoms with Gasteiger partial charge in [0, 0.05) is 6.42 Å². The fraction of sp³-hybridized carbons (Fsp3) is 0.500. The largest absolute Gasteiger partial charge is 0.445 e. The van der Waals surface area contributed by atoms with Crippen LogP contribution >= 0.6 is 0 Å². The van der Waals surface area contributed by atoms with Crippen molar-refractivity contribution in [1.29, 1.82) is 0 Å². The van der Waals surface area contributed by atoms with Crippen molar-refractivity contribution in [1.82, 2.24) is 10.6 Å². The van der Waals surface area contributed by atoms with E-state index in [4.69, 9.17) is 10.5 Å². The molecule has 1 unspecified atom stereocenters. The van der Waals surface area contributed by atoms with Gasteiger partial charge in [0.15, 0.2) is 5.78 Å². The van der Waals surface area contributed by atoms with Crippen molar-refractivity contribution in [3.63, 3.8) is 0 Å². The Bertz CT molecular complexity index is 697. The predicted octanol–water partition coefficient (Wildman–Crippen LogP) is 1.62. The van der Waals surface area contributed by atoms with Crippen LogP contribution in [0.4, 0.5) is 9.18 Å². The molecule has 3 amide bonds. The first-order valence-electron chi connectivity index (χ1n) is 9.37. The van der Waals surface area contributed by atoms with E-state index in [1.165, 1.54) is 0 Å². The zero-order valence-corrected chi connectivity index (χ0v) is 16.7. The van der Waals surface area contributed by atoms with Crippen LogP contribution in [0.2, 0.25) is 0 Å². The molecule has 0 fully saturated rings. The number of alkyl halides is 1. The lowest BCUT2D eigenvalue weighted by molar-refractivity contribution is -0.130. The molecule has 1 rings (SSSR count). The highest BCUT2D eigenvalue weighted by molar-refractivity contribution is 5.93. The van der Waals surface area contributed by atoms with Crippen LogP contribution in [0.25, 0.3) is 0 Å². The summed E-state index contributed by atoms with van der Waals surface area (Å²) in [5.74, 6) is -2.15. The number of carbonyl (C=O) groups excluding carboxylic acids is 4. The molecule has 0 aliphatic carbocycles. The Balaban J connectivity index is 2.72. The van der Waals surface area contributed by atoms with Gasteiger partial charge in [0.1, 0.15) is 19.3 Å². The first-order valence-corrected chi connectivity index (χ1v) is 9.37. The molecule has 0 aromatic heterocycles. The van der Waals surface area contributed by atoms with E-state index >= 15 is 0 Å². The molecule has 0 aliphatic heterocycles. The lowest BCUT2D eigenvalue weighted by Crippen LogP contribution is -2.52. The normalized spacial score (nSPS) is 12.7. The summed E-state index contributed by atoms with van der Waals surface area (Å²) >= 11 is 0. The summed E-state index contributed by atoms with van der Waals surface area (Å²) in [5.41, 5.74) is 5.84. The monoisotopic (exact) mass is 409 g/mol. The topological polar surface area (TPSA) is 128 Å². The minimum Gasteiger partial charge on any atom is -0.445 e. The number of hydrogen-bond acceptors (Lipinski definition) is 5. The van der Waals surface area contributed by atoms with Gasteiger partial charge in [-0.25, -0.2) is 9.18 Å². The number of benzene rings is 1. The van der Waals surface area contributed by atoms with Crippen molar-refractivity contribution in [2.75, 3.05) is 6.67 Å². The third-order valence-electron chi connectivity index (χ3n) is 4.04. The number of nitrogens with one attached hydrogen (secondary N) is 2. The molecule has 0 heterocycles. The van der Waals surface area contributed by atoms with Crippen LogP contribution in [0.1, 0.15) is 38.7 Å². The molecule has 0 bridgehead atoms. The second kappa shape index (κ2) is 12.5. The molecular weight excluding hydrogens is 381 g/mol. The number of rotatable bonds is 12. The number of primary amides is 1. The molecule has 0 aliphatic rings. The molecule has 0 saturated heterocycles. The van der Waals surface area contributed by atoms with Gasteiger partial charge in [-0.15, -0.1) is 0 Å². The SMILES string of the molecule is CC(C)C[C@H](NC(=O)OCc1ccccc1)C(=O)NC(CCC(N)=O)C(=O)CF. The number of halogens is 1. The van der Waals surface area contributed by atoms with Gasteiger partial charge in [-0.3, -0.25) is 14.4 Å². The van der Waals surface area contributed by atoms with E-state index in [1.54, 1.807) is 24.3 Å². The van der Waals surface area contributed by atoms with E-state index in [-0.39, 0.29) is 31.8 Å². The summed E-state index contributed by atoms with van der Waals surface area (Å²) in [5, 5.41) is 4.88. The van der Waals surface area contributed by atoms with Crippen LogP contribution in [0.3, 0.4) is 0 Å². The number of nitrogens with two attached hydrogens (primary N) is 1. The van der Waals surface area contributed by atoms with Crippen molar-refractivity contribution in [3.05, 3.63) is 35.9 Å². The molecule has 4 N–H and O–H groups in total. The molecule has 0 radical (unpaired) electrons. The maximum atomic E-state index is 12.8. The van der Waals surface area contributed by atoms with Gasteiger partial charge in [0.05, 0.1) is 6.04 Å². The number of hydrogen-bond donors (Lipinski definition) is 3. The second-order valence-corrected chi connectivity index (χ2v) is 7.05. The summed E-state index contributed by atoms with van der Waals surface area (Å²) in [7, 11) is 0. The number of Topliss-reactive ketones (excluding diaryl/α,β-unsaturated/α-hetero) is 1. The fourth-order valence-corrected chi connectivity index (χ4v) is 2.58. The smallest absolute Gasteiger partial charge is 0.408 e. The molecule has 2 atom stereocenters. The maximum Gasteiger partial charge on any atom is 0.408 e. The maximum absolute atomic E-state index is 12.8. The highest BCUT2D eigenvalue weighted by atomic mass is 19.1. The Morgan fingerprint density at radius 3 is 2.28 bits per heavy atom. The third kappa shape index (κ3) is 9.68. The Morgan fingerprint density at radius 1 is 1.07 bits per heavy atom. The van der Waals surface area contributed by atoms with E-state index in [9.17, 15) is 23.6 Å². The van der Waals surface area contributed by atoms with Crippen LogP contribution in [-0.2, 0) is 25.7 Å². The molecule has 8 nitrogen and oxygen atoms in total. The van der Waals surface area contributed by atoms with E-state index in [2.05, 4.69) is 10.6 Å². The molecule has 0 saturated carbocycles. The Labute approximate surface area is 169 Å². The summed E-state index contributed by atoms with van der Waals surface area (Å²) in [6.07, 6.45) is -0.812. The van der Waals surface area contributed by atoms with Crippen LogP contribution in [-0.4, -0.2) is 42.4 Å². The second-order valence-electron chi connectivity index (χ2n) is 7.05. The standard InChI is InChI=1S/C20H28FN3O5/c1-13(2)10-16(24-20(28)29-12-14-6-4-3-5-7-14)19(27)23-15(17(25)11-21)8-9-18(22)26/h3-7,13,15-16H,8-12H2,1-2H3,(H2,22,26)(H,23,27)(H,24,28)/t15?,16-/m0/s1. The van der Waals surface area contributed by atoms with Gasteiger partial charge >= 0.3 is 6.09 Å². The average molecular weight is 409 g/mol. The quantitative estimate of drug-likeness (QED) is 0.483. The first kappa shape index (κ1) is 24.1. The molecule has 9 heteroatoms. The van der Waals surface area contributed by atoms with E-state index in [0.29, 0.717) is 0 Å². The molecule has 160 valence electrons. The highest BCUT2D eigenvalue weighted by Gasteiger charge is 2.27. The average Bonchev–Trinajstić information content (AvgIpc) is 2.68. The number of carbonyl (C=O) groups is 4. The number of ether oxygens (including phenoxy) is 1. The van der Waals surface area contributed by atoms with Gasteiger partial charge in [-0.05, 0) is 24.3 Å². The number of ketones is 1. The lowest BCUT2D eigenvalue weighted by Gasteiger charge is -2.23. The summed E-state index contributed by atoms with van der Waals surface area (Å²) in [6.45, 7) is 2.46. The zero-order valence-electron chi connectivity index (χ0n) is 16.7. The Morgan fingerprint density at radius 2 is 1.72 bits per heavy atom. The van der Waals surface area contributed by atoms with Gasteiger partial charge in [0.2, 0.25) is 11.8 Å².